The largest absolute Gasteiger partial charge is 0.481 e. The lowest BCUT2D eigenvalue weighted by Gasteiger charge is -1.94. The van der Waals surface area contributed by atoms with E-state index in [0.717, 1.165) is 0 Å². The molecule has 0 spiro atoms. The van der Waals surface area contributed by atoms with Crippen molar-refractivity contribution in [2.24, 2.45) is 0 Å². The number of carbonyl (C=O) groups is 1. The number of nitrogens with zero attached hydrogens (tertiary/aromatic N) is 3. The van der Waals surface area contributed by atoms with Crippen molar-refractivity contribution in [3.8, 4) is 0 Å². The van der Waals surface area contributed by atoms with Gasteiger partial charge in [0.1, 0.15) is 12.2 Å². The van der Waals surface area contributed by atoms with Crippen molar-refractivity contribution < 1.29 is 9.90 Å². The molecular formula is C8H7N3O2. The molecule has 2 aromatic rings. The van der Waals surface area contributed by atoms with Gasteiger partial charge in [0.2, 0.25) is 0 Å². The third-order valence-electron chi connectivity index (χ3n) is 1.69. The summed E-state index contributed by atoms with van der Waals surface area (Å²) in [5, 5.41) is 16.2. The number of hydrogen-bond acceptors (Lipinski definition) is 3. The molecule has 0 unspecified atom stereocenters. The molecule has 0 amide bonds. The molecule has 0 saturated carbocycles. The van der Waals surface area contributed by atoms with E-state index in [0.29, 0.717) is 11.5 Å². The minimum Gasteiger partial charge on any atom is -0.481 e. The fourth-order valence-corrected chi connectivity index (χ4v) is 1.15. The zero-order chi connectivity index (χ0) is 9.26. The molecule has 13 heavy (non-hydrogen) atoms. The average Bonchev–Trinajstić information content (AvgIpc) is 2.48. The second-order valence-corrected chi connectivity index (χ2v) is 2.62. The summed E-state index contributed by atoms with van der Waals surface area (Å²) in [6, 6.07) is 5.41. The Kier molecular flexibility index (Phi) is 1.70. The van der Waals surface area contributed by atoms with E-state index < -0.39 is 5.97 Å². The highest BCUT2D eigenvalue weighted by atomic mass is 16.4. The molecule has 5 heteroatoms. The van der Waals surface area contributed by atoms with E-state index in [1.165, 1.54) is 0 Å². The molecule has 0 aromatic carbocycles. The van der Waals surface area contributed by atoms with Crippen LogP contribution in [-0.4, -0.2) is 25.7 Å². The van der Waals surface area contributed by atoms with Crippen LogP contribution in [0.4, 0.5) is 0 Å². The highest BCUT2D eigenvalue weighted by Gasteiger charge is 2.07. The summed E-state index contributed by atoms with van der Waals surface area (Å²) in [7, 11) is 0. The molecule has 66 valence electrons. The van der Waals surface area contributed by atoms with E-state index >= 15 is 0 Å². The van der Waals surface area contributed by atoms with Gasteiger partial charge >= 0.3 is 5.97 Å². The zero-order valence-electron chi connectivity index (χ0n) is 6.71. The molecule has 0 aliphatic heterocycles. The van der Waals surface area contributed by atoms with Crippen molar-refractivity contribution in [2.45, 2.75) is 6.42 Å². The summed E-state index contributed by atoms with van der Waals surface area (Å²) in [5.41, 5.74) is 0.666. The normalized spacial score (nSPS) is 10.5. The lowest BCUT2D eigenvalue weighted by molar-refractivity contribution is -0.136. The molecule has 2 heterocycles. The minimum absolute atomic E-state index is 0.106. The molecule has 0 aliphatic rings. The van der Waals surface area contributed by atoms with Crippen LogP contribution in [0.2, 0.25) is 0 Å². The van der Waals surface area contributed by atoms with Crippen LogP contribution in [0.5, 0.6) is 0 Å². The smallest absolute Gasteiger partial charge is 0.311 e. The molecule has 2 aromatic heterocycles. The van der Waals surface area contributed by atoms with Crippen molar-refractivity contribution in [3.05, 3.63) is 30.2 Å². The third kappa shape index (κ3) is 1.35. The van der Waals surface area contributed by atoms with E-state index in [9.17, 15) is 4.79 Å². The fourth-order valence-electron chi connectivity index (χ4n) is 1.15. The summed E-state index contributed by atoms with van der Waals surface area (Å²) in [6.45, 7) is 0. The van der Waals surface area contributed by atoms with Gasteiger partial charge in [0.15, 0.2) is 5.65 Å². The summed E-state index contributed by atoms with van der Waals surface area (Å²) in [5.74, 6) is -0.457. The maximum Gasteiger partial charge on any atom is 0.311 e. The van der Waals surface area contributed by atoms with Crippen molar-refractivity contribution >= 4 is 11.6 Å². The Balaban J connectivity index is 2.51. The monoisotopic (exact) mass is 177 g/mol. The second kappa shape index (κ2) is 2.85. The second-order valence-electron chi connectivity index (χ2n) is 2.62. The van der Waals surface area contributed by atoms with Crippen LogP contribution in [0.15, 0.2) is 24.4 Å². The Morgan fingerprint density at radius 3 is 3.08 bits per heavy atom. The van der Waals surface area contributed by atoms with Gasteiger partial charge < -0.3 is 5.11 Å². The summed E-state index contributed by atoms with van der Waals surface area (Å²) in [6.07, 6.45) is 1.64. The molecular weight excluding hydrogens is 170 g/mol. The number of aromatic nitrogens is 3. The molecule has 0 bridgehead atoms. The first kappa shape index (κ1) is 7.72. The fraction of sp³-hybridized carbons (Fsp3) is 0.125. The van der Waals surface area contributed by atoms with Gasteiger partial charge in [-0.25, -0.2) is 0 Å². The van der Waals surface area contributed by atoms with Crippen LogP contribution in [0.3, 0.4) is 0 Å². The Labute approximate surface area is 73.6 Å². The van der Waals surface area contributed by atoms with E-state index in [4.69, 9.17) is 5.11 Å². The van der Waals surface area contributed by atoms with Gasteiger partial charge in [0, 0.05) is 6.20 Å². The van der Waals surface area contributed by atoms with E-state index in [1.54, 1.807) is 16.7 Å². The number of carboxylic acid groups (broad SMARTS) is 1. The molecule has 0 radical (unpaired) electrons. The third-order valence-corrected chi connectivity index (χ3v) is 1.69. The standard InChI is InChI=1S/C8H7N3O2/c12-8(13)5-7-10-9-6-3-1-2-4-11(6)7/h1-4H,5H2,(H,12,13). The van der Waals surface area contributed by atoms with Crippen LogP contribution >= 0.6 is 0 Å². The minimum atomic E-state index is -0.904. The first-order valence-electron chi connectivity index (χ1n) is 3.78. The Hall–Kier alpha value is -1.91. The van der Waals surface area contributed by atoms with Crippen LogP contribution in [0, 0.1) is 0 Å². The first-order chi connectivity index (χ1) is 6.27. The Morgan fingerprint density at radius 1 is 1.46 bits per heavy atom. The number of carboxylic acids is 1. The van der Waals surface area contributed by atoms with Gasteiger partial charge in [-0.2, -0.15) is 0 Å². The Bertz CT molecular complexity index is 449. The van der Waals surface area contributed by atoms with Gasteiger partial charge in [-0.3, -0.25) is 9.20 Å². The SMILES string of the molecule is O=C(O)Cc1nnc2ccccn12. The Morgan fingerprint density at radius 2 is 2.31 bits per heavy atom. The number of rotatable bonds is 2. The molecule has 5 nitrogen and oxygen atoms in total. The van der Waals surface area contributed by atoms with Crippen molar-refractivity contribution in [2.75, 3.05) is 0 Å². The van der Waals surface area contributed by atoms with Crippen LogP contribution < -0.4 is 0 Å². The van der Waals surface area contributed by atoms with E-state index in [1.807, 2.05) is 12.1 Å². The number of hydrogen-bond donors (Lipinski definition) is 1. The number of pyridine rings is 1. The van der Waals surface area contributed by atoms with Gasteiger partial charge in [-0.15, -0.1) is 10.2 Å². The van der Waals surface area contributed by atoms with E-state index in [-0.39, 0.29) is 6.42 Å². The van der Waals surface area contributed by atoms with Gasteiger partial charge in [-0.05, 0) is 12.1 Å². The van der Waals surface area contributed by atoms with Crippen molar-refractivity contribution in [1.29, 1.82) is 0 Å². The highest BCUT2D eigenvalue weighted by Crippen LogP contribution is 2.02. The van der Waals surface area contributed by atoms with Gasteiger partial charge in [0.05, 0.1) is 0 Å². The maximum atomic E-state index is 10.4. The lowest BCUT2D eigenvalue weighted by atomic mass is 10.4. The molecule has 0 atom stereocenters. The summed E-state index contributed by atoms with van der Waals surface area (Å²) < 4.78 is 1.66. The summed E-state index contributed by atoms with van der Waals surface area (Å²) >= 11 is 0. The highest BCUT2D eigenvalue weighted by molar-refractivity contribution is 5.69. The molecule has 0 saturated heterocycles. The van der Waals surface area contributed by atoms with Crippen molar-refractivity contribution in [3.63, 3.8) is 0 Å². The lowest BCUT2D eigenvalue weighted by Crippen LogP contribution is -2.04. The predicted molar refractivity (Wildman–Crippen MR) is 44.3 cm³/mol. The molecule has 2 rings (SSSR count). The summed E-state index contributed by atoms with van der Waals surface area (Å²) in [4.78, 5) is 10.4. The molecule has 0 aliphatic carbocycles. The van der Waals surface area contributed by atoms with Crippen LogP contribution in [0.1, 0.15) is 5.82 Å². The molecule has 1 N–H and O–H groups in total. The zero-order valence-corrected chi connectivity index (χ0v) is 6.71. The first-order valence-corrected chi connectivity index (χ1v) is 3.78. The van der Waals surface area contributed by atoms with E-state index in [2.05, 4.69) is 10.2 Å². The molecule has 0 fully saturated rings. The topological polar surface area (TPSA) is 67.5 Å². The van der Waals surface area contributed by atoms with Crippen LogP contribution in [0.25, 0.3) is 5.65 Å². The maximum absolute atomic E-state index is 10.4. The number of fused-ring (bicyclic) bond motifs is 1. The quantitative estimate of drug-likeness (QED) is 0.719. The average molecular weight is 177 g/mol. The van der Waals surface area contributed by atoms with Crippen LogP contribution in [-0.2, 0) is 11.2 Å². The van der Waals surface area contributed by atoms with Crippen molar-refractivity contribution in [1.82, 2.24) is 14.6 Å². The predicted octanol–water partition coefficient (Wildman–Crippen LogP) is 0.356. The number of aliphatic carboxylic acids is 1. The van der Waals surface area contributed by atoms with Gasteiger partial charge in [0.25, 0.3) is 0 Å². The van der Waals surface area contributed by atoms with Gasteiger partial charge in [-0.1, -0.05) is 6.07 Å².